The highest BCUT2D eigenvalue weighted by Crippen LogP contribution is 2.33. The van der Waals surface area contributed by atoms with Gasteiger partial charge >= 0.3 is 0 Å². The first-order chi connectivity index (χ1) is 15.5. The Morgan fingerprint density at radius 3 is 2.59 bits per heavy atom. The Balaban J connectivity index is 1.47. The number of rotatable bonds is 8. The zero-order valence-electron chi connectivity index (χ0n) is 19.6. The summed E-state index contributed by atoms with van der Waals surface area (Å²) in [5, 5.41) is 2.80. The average Bonchev–Trinajstić information content (AvgIpc) is 3.09. The molecule has 3 atom stereocenters. The van der Waals surface area contributed by atoms with Gasteiger partial charge < -0.3 is 15.0 Å². The van der Waals surface area contributed by atoms with Crippen LogP contribution in [0.4, 0.5) is 0 Å². The van der Waals surface area contributed by atoms with E-state index in [-0.39, 0.29) is 17.9 Å². The third-order valence-corrected chi connectivity index (χ3v) is 7.05. The fourth-order valence-corrected chi connectivity index (χ4v) is 5.53. The van der Waals surface area contributed by atoms with Crippen molar-refractivity contribution < 1.29 is 14.3 Å². The second-order valence-electron chi connectivity index (χ2n) is 9.44. The second kappa shape index (κ2) is 10.1. The lowest BCUT2D eigenvalue weighted by Gasteiger charge is -2.39. The topological polar surface area (TPSA) is 61.9 Å². The molecule has 0 bridgehead atoms. The van der Waals surface area contributed by atoms with Crippen molar-refractivity contribution in [3.8, 4) is 5.75 Å². The van der Waals surface area contributed by atoms with E-state index < -0.39 is 6.04 Å². The molecule has 32 heavy (non-hydrogen) atoms. The fourth-order valence-electron chi connectivity index (χ4n) is 5.53. The van der Waals surface area contributed by atoms with Gasteiger partial charge in [0.1, 0.15) is 17.9 Å². The number of carbonyl (C=O) groups excluding carboxylic acids is 2. The van der Waals surface area contributed by atoms with Crippen LogP contribution >= 0.6 is 0 Å². The maximum atomic E-state index is 13.0. The standard InChI is InChI=1S/C26H37N3O3/c1-4-14-28(15-5-2)22-8-6-7-9-24(22)32-20-11-12-21-19(16-20)17-29(26(21)31)23-13-10-18(3)27-25(23)30/h11-12,16,22-24H,3-10,13-15,17H2,1-2H3,(H,27,30)/t22-,23?,24+/m1/s1. The first-order valence-corrected chi connectivity index (χ1v) is 12.3. The molecule has 6 nitrogen and oxygen atoms in total. The molecule has 2 amide bonds. The van der Waals surface area contributed by atoms with E-state index in [1.165, 1.54) is 19.3 Å². The molecule has 1 saturated heterocycles. The highest BCUT2D eigenvalue weighted by Gasteiger charge is 2.38. The van der Waals surface area contributed by atoms with Crippen molar-refractivity contribution in [2.24, 2.45) is 0 Å². The summed E-state index contributed by atoms with van der Waals surface area (Å²) < 4.78 is 6.56. The number of carbonyl (C=O) groups is 2. The van der Waals surface area contributed by atoms with Crippen molar-refractivity contribution in [2.75, 3.05) is 13.1 Å². The third kappa shape index (κ3) is 4.70. The van der Waals surface area contributed by atoms with Gasteiger partial charge in [-0.1, -0.05) is 26.8 Å². The van der Waals surface area contributed by atoms with Crippen LogP contribution in [0.5, 0.6) is 5.75 Å². The number of nitrogens with one attached hydrogen (secondary N) is 1. The normalized spacial score (nSPS) is 25.8. The Hall–Kier alpha value is -2.34. The van der Waals surface area contributed by atoms with Gasteiger partial charge in [-0.3, -0.25) is 14.5 Å². The number of allylic oxidation sites excluding steroid dienone is 1. The minimum Gasteiger partial charge on any atom is -0.489 e. The van der Waals surface area contributed by atoms with Crippen molar-refractivity contribution in [2.45, 2.75) is 89.9 Å². The molecule has 174 valence electrons. The summed E-state index contributed by atoms with van der Waals surface area (Å²) in [7, 11) is 0. The minimum atomic E-state index is -0.427. The first kappa shape index (κ1) is 22.8. The molecule has 1 aliphatic carbocycles. The highest BCUT2D eigenvalue weighted by molar-refractivity contribution is 6.01. The van der Waals surface area contributed by atoms with Gasteiger partial charge in [-0.25, -0.2) is 0 Å². The van der Waals surface area contributed by atoms with Crippen molar-refractivity contribution in [3.63, 3.8) is 0 Å². The number of ether oxygens (including phenoxy) is 1. The Labute approximate surface area is 192 Å². The smallest absolute Gasteiger partial charge is 0.255 e. The summed E-state index contributed by atoms with van der Waals surface area (Å²) in [6.07, 6.45) is 8.55. The van der Waals surface area contributed by atoms with Crippen molar-refractivity contribution in [3.05, 3.63) is 41.6 Å². The molecule has 0 spiro atoms. The van der Waals surface area contributed by atoms with E-state index in [2.05, 4.69) is 30.6 Å². The van der Waals surface area contributed by atoms with E-state index in [0.717, 1.165) is 49.4 Å². The molecule has 1 N–H and O–H groups in total. The summed E-state index contributed by atoms with van der Waals surface area (Å²) in [6.45, 7) is 11.0. The molecule has 1 unspecified atom stereocenters. The lowest BCUT2D eigenvalue weighted by Crippen LogP contribution is -2.49. The van der Waals surface area contributed by atoms with E-state index >= 15 is 0 Å². The fraction of sp³-hybridized carbons (Fsp3) is 0.615. The molecule has 0 aromatic heterocycles. The van der Waals surface area contributed by atoms with Gasteiger partial charge in [0.05, 0.1) is 0 Å². The molecule has 3 aliphatic rings. The molecule has 2 fully saturated rings. The van der Waals surface area contributed by atoms with E-state index in [1.54, 1.807) is 4.90 Å². The van der Waals surface area contributed by atoms with E-state index in [9.17, 15) is 9.59 Å². The van der Waals surface area contributed by atoms with Crippen LogP contribution in [0.25, 0.3) is 0 Å². The summed E-state index contributed by atoms with van der Waals surface area (Å²) >= 11 is 0. The molecule has 4 rings (SSSR count). The maximum absolute atomic E-state index is 13.0. The number of benzene rings is 1. The van der Waals surface area contributed by atoms with Crippen LogP contribution in [-0.4, -0.2) is 52.9 Å². The molecule has 6 heteroatoms. The zero-order chi connectivity index (χ0) is 22.7. The number of hydrogen-bond acceptors (Lipinski definition) is 4. The molecular formula is C26H37N3O3. The van der Waals surface area contributed by atoms with Gasteiger partial charge in [-0.05, 0) is 81.8 Å². The van der Waals surface area contributed by atoms with Crippen molar-refractivity contribution in [1.29, 1.82) is 0 Å². The Bertz CT molecular complexity index is 862. The van der Waals surface area contributed by atoms with Gasteiger partial charge in [-0.15, -0.1) is 0 Å². The van der Waals surface area contributed by atoms with Gasteiger partial charge in [-0.2, -0.15) is 0 Å². The molecule has 0 radical (unpaired) electrons. The summed E-state index contributed by atoms with van der Waals surface area (Å²) in [6, 6.07) is 5.85. The number of hydrogen-bond donors (Lipinski definition) is 1. The molecule has 1 aromatic carbocycles. The predicted molar refractivity (Wildman–Crippen MR) is 125 cm³/mol. The molecular weight excluding hydrogens is 402 g/mol. The molecule has 2 heterocycles. The summed E-state index contributed by atoms with van der Waals surface area (Å²) in [5.41, 5.74) is 2.37. The molecule has 1 aromatic rings. The van der Waals surface area contributed by atoms with Gasteiger partial charge in [0.2, 0.25) is 5.91 Å². The SMILES string of the molecule is C=C1CCC(N2Cc3cc(O[C@H]4CCCC[C@H]4N(CCC)CCC)ccc3C2=O)C(=O)N1. The second-order valence-corrected chi connectivity index (χ2v) is 9.44. The van der Waals surface area contributed by atoms with Gasteiger partial charge in [0, 0.05) is 23.8 Å². The summed E-state index contributed by atoms with van der Waals surface area (Å²) in [4.78, 5) is 29.7. The third-order valence-electron chi connectivity index (χ3n) is 7.05. The van der Waals surface area contributed by atoms with Gasteiger partial charge in [0.25, 0.3) is 5.91 Å². The Kier molecular flexibility index (Phi) is 7.19. The zero-order valence-corrected chi connectivity index (χ0v) is 19.6. The average molecular weight is 440 g/mol. The molecule has 1 saturated carbocycles. The number of fused-ring (bicyclic) bond motifs is 1. The largest absolute Gasteiger partial charge is 0.489 e. The minimum absolute atomic E-state index is 0.0631. The van der Waals surface area contributed by atoms with Crippen LogP contribution in [0.3, 0.4) is 0 Å². The van der Waals surface area contributed by atoms with Gasteiger partial charge in [0.15, 0.2) is 0 Å². The lowest BCUT2D eigenvalue weighted by atomic mass is 9.90. The molecule has 2 aliphatic heterocycles. The Morgan fingerprint density at radius 2 is 1.88 bits per heavy atom. The monoisotopic (exact) mass is 439 g/mol. The first-order valence-electron chi connectivity index (χ1n) is 12.3. The quantitative estimate of drug-likeness (QED) is 0.658. The van der Waals surface area contributed by atoms with E-state index in [1.807, 2.05) is 18.2 Å². The summed E-state index contributed by atoms with van der Waals surface area (Å²) in [5.74, 6) is 0.646. The van der Waals surface area contributed by atoms with Crippen LogP contribution in [0, 0.1) is 0 Å². The van der Waals surface area contributed by atoms with Crippen LogP contribution in [0.2, 0.25) is 0 Å². The number of amides is 2. The maximum Gasteiger partial charge on any atom is 0.255 e. The highest BCUT2D eigenvalue weighted by atomic mass is 16.5. The van der Waals surface area contributed by atoms with Crippen LogP contribution < -0.4 is 10.1 Å². The van der Waals surface area contributed by atoms with Crippen molar-refractivity contribution in [1.82, 2.24) is 15.1 Å². The lowest BCUT2D eigenvalue weighted by molar-refractivity contribution is -0.126. The van der Waals surface area contributed by atoms with Crippen LogP contribution in [0.1, 0.15) is 81.1 Å². The van der Waals surface area contributed by atoms with Crippen LogP contribution in [-0.2, 0) is 11.3 Å². The Morgan fingerprint density at radius 1 is 1.12 bits per heavy atom. The predicted octanol–water partition coefficient (Wildman–Crippen LogP) is 4.25. The van der Waals surface area contributed by atoms with E-state index in [0.29, 0.717) is 31.0 Å². The van der Waals surface area contributed by atoms with E-state index in [4.69, 9.17) is 4.74 Å². The van der Waals surface area contributed by atoms with Crippen LogP contribution in [0.15, 0.2) is 30.5 Å². The number of piperidine rings is 1. The van der Waals surface area contributed by atoms with Crippen molar-refractivity contribution >= 4 is 11.8 Å². The number of nitrogens with zero attached hydrogens (tertiary/aromatic N) is 2.